The molecule has 3 aromatic rings. The van der Waals surface area contributed by atoms with Crippen LogP contribution in [0.2, 0.25) is 0 Å². The van der Waals surface area contributed by atoms with Crippen molar-refractivity contribution in [2.45, 2.75) is 6.42 Å². The Morgan fingerprint density at radius 1 is 1.13 bits per heavy atom. The molecule has 3 rings (SSSR count). The Bertz CT molecular complexity index is 785. The van der Waals surface area contributed by atoms with Gasteiger partial charge in [0.25, 0.3) is 0 Å². The molecule has 1 amide bonds. The van der Waals surface area contributed by atoms with Crippen LogP contribution in [-0.4, -0.2) is 28.2 Å². The summed E-state index contributed by atoms with van der Waals surface area (Å²) in [6.07, 6.45) is 3.27. The summed E-state index contributed by atoms with van der Waals surface area (Å²) >= 11 is 0. The molecule has 0 bridgehead atoms. The number of ether oxygens (including phenoxy) is 1. The zero-order valence-electron chi connectivity index (χ0n) is 12.4. The third kappa shape index (κ3) is 3.70. The average Bonchev–Trinajstić information content (AvgIpc) is 3.04. The van der Waals surface area contributed by atoms with Gasteiger partial charge in [-0.05, 0) is 36.4 Å². The summed E-state index contributed by atoms with van der Waals surface area (Å²) in [6, 6.07) is 10.6. The maximum Gasteiger partial charge on any atom is 0.247 e. The number of carbonyl (C=O) groups excluding carboxylic acids is 1. The Morgan fingerprint density at radius 3 is 2.57 bits per heavy atom. The number of nitrogens with zero attached hydrogens (tertiary/aromatic N) is 3. The molecule has 116 valence electrons. The van der Waals surface area contributed by atoms with Crippen LogP contribution in [0, 0.1) is 0 Å². The molecular weight excluding hydrogens is 296 g/mol. The summed E-state index contributed by atoms with van der Waals surface area (Å²) in [5.41, 5.74) is 1.43. The lowest BCUT2D eigenvalue weighted by atomic mass is 10.3. The van der Waals surface area contributed by atoms with Gasteiger partial charge in [-0.3, -0.25) is 9.78 Å². The van der Waals surface area contributed by atoms with Crippen LogP contribution in [0.3, 0.4) is 0 Å². The van der Waals surface area contributed by atoms with Gasteiger partial charge in [0.2, 0.25) is 17.7 Å². The Labute approximate surface area is 132 Å². The molecule has 1 N–H and O–H groups in total. The number of benzene rings is 1. The van der Waals surface area contributed by atoms with Crippen molar-refractivity contribution in [3.63, 3.8) is 0 Å². The first-order valence-electron chi connectivity index (χ1n) is 6.91. The highest BCUT2D eigenvalue weighted by atomic mass is 16.5. The zero-order valence-corrected chi connectivity index (χ0v) is 12.4. The lowest BCUT2D eigenvalue weighted by Crippen LogP contribution is -2.14. The highest BCUT2D eigenvalue weighted by molar-refractivity contribution is 5.91. The van der Waals surface area contributed by atoms with E-state index in [9.17, 15) is 4.79 Å². The van der Waals surface area contributed by atoms with Crippen LogP contribution in [0.5, 0.6) is 5.75 Å². The van der Waals surface area contributed by atoms with Gasteiger partial charge < -0.3 is 14.5 Å². The molecule has 2 heterocycles. The number of rotatable bonds is 5. The normalized spacial score (nSPS) is 10.3. The van der Waals surface area contributed by atoms with Crippen LogP contribution in [0.1, 0.15) is 5.89 Å². The molecule has 0 aliphatic rings. The molecule has 0 atom stereocenters. The van der Waals surface area contributed by atoms with Crippen LogP contribution in [-0.2, 0) is 11.2 Å². The van der Waals surface area contributed by atoms with E-state index in [1.807, 2.05) is 0 Å². The number of hydrogen-bond acceptors (Lipinski definition) is 6. The summed E-state index contributed by atoms with van der Waals surface area (Å²) in [5.74, 6) is 1.10. The number of methoxy groups -OCH3 is 1. The molecule has 0 saturated heterocycles. The maximum atomic E-state index is 12.0. The van der Waals surface area contributed by atoms with E-state index < -0.39 is 0 Å². The van der Waals surface area contributed by atoms with Gasteiger partial charge in [-0.15, -0.1) is 10.2 Å². The molecule has 23 heavy (non-hydrogen) atoms. The second-order valence-corrected chi connectivity index (χ2v) is 4.69. The fraction of sp³-hybridized carbons (Fsp3) is 0.125. The molecule has 0 unspecified atom stereocenters. The van der Waals surface area contributed by atoms with Crippen molar-refractivity contribution >= 4 is 11.6 Å². The van der Waals surface area contributed by atoms with Gasteiger partial charge in [0.1, 0.15) is 12.2 Å². The number of aromatic nitrogens is 3. The standard InChI is InChI=1S/C16H14N4O3/c1-22-13-4-2-12(3-5-13)18-14(21)10-15-19-20-16(23-15)11-6-8-17-9-7-11/h2-9H,10H2,1H3,(H,18,21). The van der Waals surface area contributed by atoms with Crippen LogP contribution < -0.4 is 10.1 Å². The van der Waals surface area contributed by atoms with Gasteiger partial charge in [-0.2, -0.15) is 0 Å². The van der Waals surface area contributed by atoms with Crippen molar-refractivity contribution in [3.8, 4) is 17.2 Å². The van der Waals surface area contributed by atoms with E-state index in [4.69, 9.17) is 9.15 Å². The van der Waals surface area contributed by atoms with Gasteiger partial charge in [0.05, 0.1) is 7.11 Å². The van der Waals surface area contributed by atoms with E-state index in [0.29, 0.717) is 11.6 Å². The minimum absolute atomic E-state index is 0.00408. The summed E-state index contributed by atoms with van der Waals surface area (Å²) in [7, 11) is 1.59. The van der Waals surface area contributed by atoms with Gasteiger partial charge in [0.15, 0.2) is 0 Å². The first kappa shape index (κ1) is 14.7. The fourth-order valence-electron chi connectivity index (χ4n) is 1.95. The monoisotopic (exact) mass is 310 g/mol. The second kappa shape index (κ2) is 6.69. The van der Waals surface area contributed by atoms with Crippen molar-refractivity contribution < 1.29 is 13.9 Å². The lowest BCUT2D eigenvalue weighted by molar-refractivity contribution is -0.115. The lowest BCUT2D eigenvalue weighted by Gasteiger charge is -2.04. The number of carbonyl (C=O) groups is 1. The number of amides is 1. The topological polar surface area (TPSA) is 90.1 Å². The van der Waals surface area contributed by atoms with Crippen molar-refractivity contribution in [3.05, 3.63) is 54.7 Å². The van der Waals surface area contributed by atoms with Gasteiger partial charge in [-0.25, -0.2) is 0 Å². The first-order chi connectivity index (χ1) is 11.2. The van der Waals surface area contributed by atoms with E-state index >= 15 is 0 Å². The fourth-order valence-corrected chi connectivity index (χ4v) is 1.95. The van der Waals surface area contributed by atoms with E-state index in [1.165, 1.54) is 0 Å². The minimum Gasteiger partial charge on any atom is -0.497 e. The number of nitrogens with one attached hydrogen (secondary N) is 1. The Balaban J connectivity index is 1.63. The van der Waals surface area contributed by atoms with E-state index in [0.717, 1.165) is 11.3 Å². The molecule has 0 fully saturated rings. The number of hydrogen-bond donors (Lipinski definition) is 1. The Hall–Kier alpha value is -3.22. The quantitative estimate of drug-likeness (QED) is 0.778. The molecule has 1 aromatic carbocycles. The van der Waals surface area contributed by atoms with E-state index in [1.54, 1.807) is 55.9 Å². The third-order valence-corrected chi connectivity index (χ3v) is 3.08. The molecule has 2 aromatic heterocycles. The number of pyridine rings is 1. The van der Waals surface area contributed by atoms with Crippen LogP contribution in [0.4, 0.5) is 5.69 Å². The van der Waals surface area contributed by atoms with Crippen LogP contribution >= 0.6 is 0 Å². The predicted octanol–water partition coefficient (Wildman–Crippen LogP) is 2.32. The average molecular weight is 310 g/mol. The van der Waals surface area contributed by atoms with Crippen LogP contribution in [0.15, 0.2) is 53.2 Å². The predicted molar refractivity (Wildman–Crippen MR) is 82.9 cm³/mol. The summed E-state index contributed by atoms with van der Waals surface area (Å²) in [5, 5.41) is 10.6. The summed E-state index contributed by atoms with van der Waals surface area (Å²) in [6.45, 7) is 0. The van der Waals surface area contributed by atoms with Crippen molar-refractivity contribution in [2.24, 2.45) is 0 Å². The highest BCUT2D eigenvalue weighted by Crippen LogP contribution is 2.17. The van der Waals surface area contributed by atoms with Gasteiger partial charge in [0, 0.05) is 23.6 Å². The molecule has 7 heteroatoms. The van der Waals surface area contributed by atoms with Crippen molar-refractivity contribution in [2.75, 3.05) is 12.4 Å². The van der Waals surface area contributed by atoms with Gasteiger partial charge >= 0.3 is 0 Å². The number of anilines is 1. The first-order valence-corrected chi connectivity index (χ1v) is 6.91. The largest absolute Gasteiger partial charge is 0.497 e. The van der Waals surface area contributed by atoms with Crippen LogP contribution in [0.25, 0.3) is 11.5 Å². The molecule has 0 spiro atoms. The highest BCUT2D eigenvalue weighted by Gasteiger charge is 2.12. The third-order valence-electron chi connectivity index (χ3n) is 3.08. The maximum absolute atomic E-state index is 12.0. The zero-order chi connectivity index (χ0) is 16.1. The van der Waals surface area contributed by atoms with Crippen molar-refractivity contribution in [1.82, 2.24) is 15.2 Å². The Kier molecular flexibility index (Phi) is 4.28. The molecule has 0 radical (unpaired) electrons. The molecular formula is C16H14N4O3. The second-order valence-electron chi connectivity index (χ2n) is 4.69. The van der Waals surface area contributed by atoms with E-state index in [2.05, 4.69) is 20.5 Å². The molecule has 7 nitrogen and oxygen atoms in total. The smallest absolute Gasteiger partial charge is 0.247 e. The minimum atomic E-state index is -0.236. The molecule has 0 aliphatic heterocycles. The Morgan fingerprint density at radius 2 is 1.87 bits per heavy atom. The molecule has 0 saturated carbocycles. The SMILES string of the molecule is COc1ccc(NC(=O)Cc2nnc(-c3ccncc3)o2)cc1. The van der Waals surface area contributed by atoms with Crippen molar-refractivity contribution in [1.29, 1.82) is 0 Å². The summed E-state index contributed by atoms with van der Waals surface area (Å²) in [4.78, 5) is 15.9. The summed E-state index contributed by atoms with van der Waals surface area (Å²) < 4.78 is 10.5. The molecule has 0 aliphatic carbocycles. The van der Waals surface area contributed by atoms with E-state index in [-0.39, 0.29) is 18.2 Å². The van der Waals surface area contributed by atoms with Gasteiger partial charge in [-0.1, -0.05) is 0 Å².